The Morgan fingerprint density at radius 3 is 1.49 bits per heavy atom. The molecule has 2 bridgehead atoms. The van der Waals surface area contributed by atoms with Crippen LogP contribution in [0, 0.1) is 17.8 Å². The van der Waals surface area contributed by atoms with E-state index >= 15 is 0 Å². The van der Waals surface area contributed by atoms with Crippen LogP contribution in [0.15, 0.2) is 237 Å². The van der Waals surface area contributed by atoms with E-state index in [0.717, 1.165) is 40.5 Å². The summed E-state index contributed by atoms with van der Waals surface area (Å²) in [6.45, 7) is 4.95. The van der Waals surface area contributed by atoms with Crippen LogP contribution in [0.2, 0.25) is 0 Å². The predicted octanol–water partition coefficient (Wildman–Crippen LogP) is 19.2. The zero-order chi connectivity index (χ0) is 47.5. The molecule has 0 saturated heterocycles. The minimum Gasteiger partial charge on any atom is -0.311 e. The van der Waals surface area contributed by atoms with Crippen molar-refractivity contribution in [1.29, 1.82) is 0 Å². The topological polar surface area (TPSA) is 8.17 Å². The summed E-state index contributed by atoms with van der Waals surface area (Å²) < 4.78 is 2.43. The van der Waals surface area contributed by atoms with Gasteiger partial charge in [0.1, 0.15) is 0 Å². The van der Waals surface area contributed by atoms with Gasteiger partial charge in [-0.2, -0.15) is 0 Å². The summed E-state index contributed by atoms with van der Waals surface area (Å²) in [5.41, 5.74) is 18.6. The van der Waals surface area contributed by atoms with E-state index in [4.69, 9.17) is 0 Å². The maximum atomic E-state index is 2.48. The smallest absolute Gasteiger partial charge is 0.0547 e. The Morgan fingerprint density at radius 1 is 0.380 bits per heavy atom. The first-order valence-electron chi connectivity index (χ1n) is 25.8. The highest BCUT2D eigenvalue weighted by molar-refractivity contribution is 6.21. The van der Waals surface area contributed by atoms with Gasteiger partial charge in [-0.15, -0.1) is 0 Å². The van der Waals surface area contributed by atoms with Gasteiger partial charge in [0, 0.05) is 33.5 Å². The number of fused-ring (bicyclic) bond motifs is 9. The average molecular weight is 915 g/mol. The average Bonchev–Trinajstić information content (AvgIpc) is 3.76. The van der Waals surface area contributed by atoms with E-state index in [0.29, 0.717) is 5.41 Å². The molecule has 2 heteroatoms. The number of para-hydroxylation sites is 1. The minimum atomic E-state index is 0.370. The van der Waals surface area contributed by atoms with Crippen molar-refractivity contribution in [2.24, 2.45) is 17.8 Å². The molecule has 2 atom stereocenters. The lowest BCUT2D eigenvalue weighted by Crippen LogP contribution is -2.45. The van der Waals surface area contributed by atoms with Crippen LogP contribution >= 0.6 is 0 Å². The third kappa shape index (κ3) is 7.93. The number of rotatable bonds is 9. The molecular weight excluding hydrogens is 857 g/mol. The molecule has 71 heavy (non-hydrogen) atoms. The summed E-state index contributed by atoms with van der Waals surface area (Å²) in [7, 11) is 0. The van der Waals surface area contributed by atoms with E-state index in [1.807, 2.05) is 0 Å². The fourth-order valence-corrected chi connectivity index (χ4v) is 13.0. The molecule has 10 aromatic carbocycles. The molecule has 0 amide bonds. The Morgan fingerprint density at radius 2 is 0.873 bits per heavy atom. The van der Waals surface area contributed by atoms with Crippen molar-refractivity contribution in [1.82, 2.24) is 4.57 Å². The zero-order valence-electron chi connectivity index (χ0n) is 40.7. The number of hydrogen-bond acceptors (Lipinski definition) is 1. The van der Waals surface area contributed by atoms with E-state index < -0.39 is 0 Å². The first-order chi connectivity index (χ1) is 34.9. The SMILES string of the molecule is CC1C[C@H](C)C[C@]2(c3ccc(-c4ccc(N(c5ccc(-c6ccc(-c7ccccc7)cc6)cc5)c5ccc(-c6cccc(-n7c8ccccc8c8c9ccccc9ccc87)c6)cc5)cc4)cc3)C[C@@H](C1)C2. The summed E-state index contributed by atoms with van der Waals surface area (Å²) in [6, 6.07) is 87.6. The summed E-state index contributed by atoms with van der Waals surface area (Å²) in [4.78, 5) is 2.39. The van der Waals surface area contributed by atoms with Gasteiger partial charge in [0.2, 0.25) is 0 Å². The Kier molecular flexibility index (Phi) is 10.8. The molecule has 1 heterocycles. The fraction of sp³-hybridized carbons (Fsp3) is 0.159. The third-order valence-electron chi connectivity index (χ3n) is 16.2. The molecule has 1 aromatic heterocycles. The van der Waals surface area contributed by atoms with Gasteiger partial charge < -0.3 is 9.47 Å². The van der Waals surface area contributed by atoms with Gasteiger partial charge in [-0.3, -0.25) is 0 Å². The van der Waals surface area contributed by atoms with Crippen molar-refractivity contribution in [2.45, 2.75) is 51.4 Å². The van der Waals surface area contributed by atoms with Crippen molar-refractivity contribution in [2.75, 3.05) is 4.90 Å². The van der Waals surface area contributed by atoms with E-state index in [2.05, 4.69) is 260 Å². The van der Waals surface area contributed by atoms with Gasteiger partial charge in [0.25, 0.3) is 0 Å². The van der Waals surface area contributed by atoms with Crippen molar-refractivity contribution >= 4 is 49.6 Å². The highest BCUT2D eigenvalue weighted by atomic mass is 15.1. The minimum absolute atomic E-state index is 0.370. The molecule has 1 unspecified atom stereocenters. The fourth-order valence-electron chi connectivity index (χ4n) is 13.0. The molecule has 11 aromatic rings. The maximum Gasteiger partial charge on any atom is 0.0547 e. The van der Waals surface area contributed by atoms with Crippen molar-refractivity contribution in [3.05, 3.63) is 242 Å². The van der Waals surface area contributed by atoms with E-state index in [1.54, 1.807) is 5.56 Å². The molecule has 0 spiro atoms. The standard InChI is InChI=1S/C69H58N2/c1-47-41-48(2)44-69(45-49(42-47)46-69)59-32-23-53(24-33-59)55-27-36-61(37-28-55)70(60-34-25-54(26-35-60)52-21-19-51(20-22-52)50-11-4-3-5-12-50)62-38-29-56(30-39-62)58-14-10-15-63(43-58)71-66-18-9-8-17-65(66)68-64-16-7-6-13-57(64)31-40-67(68)71/h3-40,43,47-49H,41-42,44-46H2,1-2H3/t47?,48-,49-,69+/m0/s1. The maximum absolute atomic E-state index is 2.48. The number of hydrogen-bond donors (Lipinski definition) is 0. The molecule has 0 radical (unpaired) electrons. The van der Waals surface area contributed by atoms with Gasteiger partial charge in [-0.1, -0.05) is 190 Å². The van der Waals surface area contributed by atoms with Crippen molar-refractivity contribution < 1.29 is 0 Å². The number of nitrogens with zero attached hydrogens (tertiary/aromatic N) is 2. The van der Waals surface area contributed by atoms with Crippen LogP contribution < -0.4 is 4.90 Å². The second-order valence-electron chi connectivity index (χ2n) is 21.0. The van der Waals surface area contributed by atoms with Crippen LogP contribution in [-0.4, -0.2) is 4.57 Å². The van der Waals surface area contributed by atoms with Crippen LogP contribution in [0.25, 0.3) is 82.8 Å². The zero-order valence-corrected chi connectivity index (χ0v) is 40.7. The molecule has 3 saturated carbocycles. The molecule has 14 rings (SSSR count). The summed E-state index contributed by atoms with van der Waals surface area (Å²) in [5.74, 6) is 2.54. The monoisotopic (exact) mass is 914 g/mol. The van der Waals surface area contributed by atoms with E-state index in [-0.39, 0.29) is 0 Å². The summed E-state index contributed by atoms with van der Waals surface area (Å²) >= 11 is 0. The molecule has 0 N–H and O–H groups in total. The lowest BCUT2D eigenvalue weighted by atomic mass is 9.52. The van der Waals surface area contributed by atoms with Crippen LogP contribution in [0.3, 0.4) is 0 Å². The van der Waals surface area contributed by atoms with Gasteiger partial charge in [0.15, 0.2) is 0 Å². The van der Waals surface area contributed by atoms with Gasteiger partial charge >= 0.3 is 0 Å². The van der Waals surface area contributed by atoms with Gasteiger partial charge in [0.05, 0.1) is 11.0 Å². The van der Waals surface area contributed by atoms with Crippen LogP contribution in [0.4, 0.5) is 17.1 Å². The predicted molar refractivity (Wildman–Crippen MR) is 301 cm³/mol. The lowest BCUT2D eigenvalue weighted by molar-refractivity contribution is 0.0613. The van der Waals surface area contributed by atoms with Crippen LogP contribution in [0.5, 0.6) is 0 Å². The highest BCUT2D eigenvalue weighted by Crippen LogP contribution is 2.56. The van der Waals surface area contributed by atoms with Crippen molar-refractivity contribution in [3.63, 3.8) is 0 Å². The number of benzene rings is 10. The number of anilines is 3. The first-order valence-corrected chi connectivity index (χ1v) is 25.8. The summed E-state index contributed by atoms with van der Waals surface area (Å²) in [6.07, 6.45) is 6.82. The van der Waals surface area contributed by atoms with Gasteiger partial charge in [-0.05, 0) is 177 Å². The van der Waals surface area contributed by atoms with Crippen molar-refractivity contribution in [3.8, 4) is 50.2 Å². The largest absolute Gasteiger partial charge is 0.311 e. The Bertz CT molecular complexity index is 3670. The summed E-state index contributed by atoms with van der Waals surface area (Å²) in [5, 5.41) is 5.12. The van der Waals surface area contributed by atoms with Gasteiger partial charge in [-0.25, -0.2) is 0 Å². The molecule has 3 fully saturated rings. The lowest BCUT2D eigenvalue weighted by Gasteiger charge is -2.53. The molecular formula is C69H58N2. The Balaban J connectivity index is 0.825. The Labute approximate surface area is 418 Å². The number of aromatic nitrogens is 1. The van der Waals surface area contributed by atoms with E-state index in [9.17, 15) is 0 Å². The third-order valence-corrected chi connectivity index (χ3v) is 16.2. The second kappa shape index (κ2) is 17.8. The second-order valence-corrected chi connectivity index (χ2v) is 21.0. The first kappa shape index (κ1) is 43.1. The van der Waals surface area contributed by atoms with Crippen LogP contribution in [0.1, 0.15) is 51.5 Å². The molecule has 344 valence electrons. The van der Waals surface area contributed by atoms with E-state index in [1.165, 1.54) is 109 Å². The molecule has 2 nitrogen and oxygen atoms in total. The molecule has 3 aliphatic carbocycles. The van der Waals surface area contributed by atoms with Crippen LogP contribution in [-0.2, 0) is 5.41 Å². The molecule has 3 aliphatic rings. The normalized spacial score (nSPS) is 18.8. The quantitative estimate of drug-likeness (QED) is 0.140. The Hall–Kier alpha value is -7.94. The highest BCUT2D eigenvalue weighted by Gasteiger charge is 2.47. The molecule has 0 aliphatic heterocycles.